The van der Waals surface area contributed by atoms with Gasteiger partial charge in [0.05, 0.1) is 25.3 Å². The molecule has 1 aliphatic rings. The average Bonchev–Trinajstić information content (AvgIpc) is 3.30. The standard InChI is InChI=1S/C23H28F2N8O/c1-13-27-17-5-4-16(29-21(17)32(13)12-18(24)25)15-8-11-33-19(15)20(26-3)30-22(31-33)28-14-6-9-23(2,34)10-7-14/h4-5,8,11,14,18,34H,6-7,9-10,12H2,1-3H3,(H2,26,28,30,31)/i11D. The Bertz CT molecular complexity index is 1530. The minimum Gasteiger partial charge on any atom is -0.390 e. The maximum absolute atomic E-state index is 13.1. The van der Waals surface area contributed by atoms with Gasteiger partial charge in [0.25, 0.3) is 6.43 Å². The number of imidazole rings is 1. The van der Waals surface area contributed by atoms with E-state index in [4.69, 9.17) is 6.36 Å². The molecule has 0 atom stereocenters. The lowest BCUT2D eigenvalue weighted by atomic mass is 9.84. The maximum Gasteiger partial charge on any atom is 0.256 e. The van der Waals surface area contributed by atoms with Gasteiger partial charge in [0.2, 0.25) is 5.62 Å². The fraction of sp³-hybridized carbons (Fsp3) is 0.478. The van der Waals surface area contributed by atoms with Crippen molar-refractivity contribution < 1.29 is 15.3 Å². The molecule has 5 rings (SSSR count). The number of H-pyrrole nitrogens is 2. The van der Waals surface area contributed by atoms with Crippen LogP contribution in [0.5, 0.6) is 0 Å². The van der Waals surface area contributed by atoms with Crippen LogP contribution in [0.2, 0.25) is 0 Å². The van der Waals surface area contributed by atoms with Crippen LogP contribution < -0.4 is 11.1 Å². The Morgan fingerprint density at radius 2 is 2.06 bits per heavy atom. The maximum atomic E-state index is 13.1. The fourth-order valence-electron chi connectivity index (χ4n) is 4.59. The van der Waals surface area contributed by atoms with Gasteiger partial charge in [0, 0.05) is 18.8 Å². The number of alkyl halides is 2. The summed E-state index contributed by atoms with van der Waals surface area (Å²) in [5, 5.41) is 13.4. The van der Waals surface area contributed by atoms with E-state index in [-0.39, 0.29) is 12.2 Å². The van der Waals surface area contributed by atoms with Gasteiger partial charge in [-0.1, -0.05) is 0 Å². The van der Waals surface area contributed by atoms with Gasteiger partial charge in [0.1, 0.15) is 16.9 Å². The lowest BCUT2D eigenvalue weighted by molar-refractivity contribution is 0.0176. The molecule has 9 nitrogen and oxygen atoms in total. The zero-order chi connectivity index (χ0) is 24.9. The van der Waals surface area contributed by atoms with Gasteiger partial charge in [-0.2, -0.15) is 0 Å². The first-order valence-corrected chi connectivity index (χ1v) is 11.3. The Hall–Kier alpha value is -3.34. The minimum atomic E-state index is -2.53. The molecule has 0 unspecified atom stereocenters. The molecule has 0 aromatic carbocycles. The van der Waals surface area contributed by atoms with Crippen molar-refractivity contribution in [1.29, 1.82) is 0 Å². The summed E-state index contributed by atoms with van der Waals surface area (Å²) < 4.78 is 37.8. The van der Waals surface area contributed by atoms with Crippen LogP contribution in [0.25, 0.3) is 27.9 Å². The third-order valence-electron chi connectivity index (χ3n) is 6.44. The number of hydrogen-bond acceptors (Lipinski definition) is 5. The van der Waals surface area contributed by atoms with E-state index >= 15 is 0 Å². The Morgan fingerprint density at radius 1 is 1.29 bits per heavy atom. The predicted molar refractivity (Wildman–Crippen MR) is 123 cm³/mol. The van der Waals surface area contributed by atoms with E-state index in [2.05, 4.69) is 25.0 Å². The summed E-state index contributed by atoms with van der Waals surface area (Å²) in [6.07, 6.45) is 0.551. The Kier molecular flexibility index (Phi) is 5.28. The Balaban J connectivity index is 1.62. The molecule has 4 heterocycles. The van der Waals surface area contributed by atoms with Gasteiger partial charge < -0.3 is 14.7 Å². The van der Waals surface area contributed by atoms with Crippen LogP contribution in [0.4, 0.5) is 8.78 Å². The highest BCUT2D eigenvalue weighted by atomic mass is 19.3. The van der Waals surface area contributed by atoms with E-state index in [9.17, 15) is 13.9 Å². The summed E-state index contributed by atoms with van der Waals surface area (Å²) >= 11 is 0. The number of aliphatic hydroxyl groups is 1. The SMILES string of the molecule is [2H]c1cc(-c2ccc3nc(C)n(CC(F)F)c3n2)c2c(=NC)[nH]c(=NC3CCC(C)(O)CC3)[nH]n12. The zero-order valence-corrected chi connectivity index (χ0v) is 19.3. The number of nitrogens with zero attached hydrogens (tertiary/aromatic N) is 6. The van der Waals surface area contributed by atoms with Crippen molar-refractivity contribution in [2.45, 2.75) is 64.1 Å². The van der Waals surface area contributed by atoms with E-state index in [1.807, 2.05) is 6.92 Å². The molecule has 180 valence electrons. The number of nitrogens with one attached hydrogen (secondary N) is 2. The zero-order valence-electron chi connectivity index (χ0n) is 20.3. The van der Waals surface area contributed by atoms with Crippen molar-refractivity contribution in [2.75, 3.05) is 7.05 Å². The molecule has 0 spiro atoms. The number of aromatic nitrogens is 6. The molecule has 0 bridgehead atoms. The molecule has 34 heavy (non-hydrogen) atoms. The second-order valence-electron chi connectivity index (χ2n) is 9.09. The Morgan fingerprint density at radius 3 is 2.76 bits per heavy atom. The Labute approximate surface area is 195 Å². The topological polar surface area (TPSA) is 112 Å². The van der Waals surface area contributed by atoms with Crippen LogP contribution >= 0.6 is 0 Å². The van der Waals surface area contributed by atoms with Crippen LogP contribution in [0.1, 0.15) is 39.8 Å². The monoisotopic (exact) mass is 471 g/mol. The van der Waals surface area contributed by atoms with Crippen LogP contribution in [-0.2, 0) is 6.54 Å². The largest absolute Gasteiger partial charge is 0.390 e. The average molecular weight is 472 g/mol. The first-order chi connectivity index (χ1) is 16.6. The van der Waals surface area contributed by atoms with E-state index in [0.29, 0.717) is 57.7 Å². The summed E-state index contributed by atoms with van der Waals surface area (Å²) in [5.41, 5.74) is 3.01. The summed E-state index contributed by atoms with van der Waals surface area (Å²) in [6.45, 7) is 3.04. The molecule has 4 aromatic heterocycles. The molecule has 0 aliphatic heterocycles. The van der Waals surface area contributed by atoms with Gasteiger partial charge in [-0.3, -0.25) is 14.6 Å². The van der Waals surface area contributed by atoms with E-state index in [1.165, 1.54) is 4.57 Å². The number of aromatic amines is 2. The third kappa shape index (κ3) is 4.15. The molecule has 1 saturated carbocycles. The molecular formula is C23H28F2N8O. The van der Waals surface area contributed by atoms with Crippen LogP contribution in [0, 0.1) is 6.92 Å². The second-order valence-corrected chi connectivity index (χ2v) is 9.09. The fourth-order valence-corrected chi connectivity index (χ4v) is 4.59. The van der Waals surface area contributed by atoms with E-state index < -0.39 is 18.6 Å². The number of hydrogen-bond donors (Lipinski definition) is 3. The van der Waals surface area contributed by atoms with Gasteiger partial charge in [-0.05, 0) is 57.7 Å². The quantitative estimate of drug-likeness (QED) is 0.425. The molecule has 0 radical (unpaired) electrons. The highest BCUT2D eigenvalue weighted by Gasteiger charge is 2.28. The molecule has 0 saturated heterocycles. The number of pyridine rings is 1. The molecule has 3 N–H and O–H groups in total. The highest BCUT2D eigenvalue weighted by molar-refractivity contribution is 5.82. The van der Waals surface area contributed by atoms with Crippen molar-refractivity contribution in [3.63, 3.8) is 0 Å². The van der Waals surface area contributed by atoms with E-state index in [1.54, 1.807) is 36.7 Å². The predicted octanol–water partition coefficient (Wildman–Crippen LogP) is 2.71. The highest BCUT2D eigenvalue weighted by Crippen LogP contribution is 2.29. The number of rotatable bonds is 4. The van der Waals surface area contributed by atoms with Crippen molar-refractivity contribution in [3.05, 3.63) is 41.3 Å². The molecule has 11 heteroatoms. The first-order valence-electron chi connectivity index (χ1n) is 11.8. The summed E-state index contributed by atoms with van der Waals surface area (Å²) in [5.74, 6) is 0.467. The minimum absolute atomic E-state index is 0.0523. The lowest BCUT2D eigenvalue weighted by Crippen LogP contribution is -2.34. The summed E-state index contributed by atoms with van der Waals surface area (Å²) in [6, 6.07) is 5.22. The first kappa shape index (κ1) is 21.2. The van der Waals surface area contributed by atoms with Crippen molar-refractivity contribution >= 4 is 16.7 Å². The lowest BCUT2D eigenvalue weighted by Gasteiger charge is -2.30. The normalized spacial score (nSPS) is 22.9. The molecular weight excluding hydrogens is 442 g/mol. The van der Waals surface area contributed by atoms with Crippen molar-refractivity contribution in [3.8, 4) is 11.3 Å². The third-order valence-corrected chi connectivity index (χ3v) is 6.44. The van der Waals surface area contributed by atoms with Gasteiger partial charge >= 0.3 is 0 Å². The number of aryl methyl sites for hydroxylation is 1. The van der Waals surface area contributed by atoms with Crippen LogP contribution in [0.3, 0.4) is 0 Å². The summed E-state index contributed by atoms with van der Waals surface area (Å²) in [7, 11) is 1.64. The van der Waals surface area contributed by atoms with Crippen LogP contribution in [-0.4, -0.2) is 59.4 Å². The summed E-state index contributed by atoms with van der Waals surface area (Å²) in [4.78, 5) is 21.3. The number of fused-ring (bicyclic) bond motifs is 2. The van der Waals surface area contributed by atoms with Crippen molar-refractivity contribution in [1.82, 2.24) is 29.1 Å². The number of halogens is 2. The van der Waals surface area contributed by atoms with Gasteiger partial charge in [0.15, 0.2) is 11.1 Å². The molecule has 1 fully saturated rings. The van der Waals surface area contributed by atoms with Crippen LogP contribution in [0.15, 0.2) is 34.4 Å². The molecule has 1 aliphatic carbocycles. The van der Waals surface area contributed by atoms with Gasteiger partial charge in [-0.25, -0.2) is 23.7 Å². The van der Waals surface area contributed by atoms with Gasteiger partial charge in [-0.15, -0.1) is 0 Å². The smallest absolute Gasteiger partial charge is 0.256 e. The van der Waals surface area contributed by atoms with Crippen molar-refractivity contribution in [2.24, 2.45) is 9.98 Å². The molecule has 4 aromatic rings. The van der Waals surface area contributed by atoms with E-state index in [0.717, 1.165) is 12.8 Å². The second kappa shape index (κ2) is 8.46. The molecule has 0 amide bonds.